The third-order valence-electron chi connectivity index (χ3n) is 1.65. The highest BCUT2D eigenvalue weighted by Gasteiger charge is 1.96. The first-order valence-corrected chi connectivity index (χ1v) is 4.09. The maximum Gasteiger partial charge on any atom is 0.221 e. The summed E-state index contributed by atoms with van der Waals surface area (Å²) >= 11 is 0. The van der Waals surface area contributed by atoms with Crippen LogP contribution in [0.4, 0.5) is 10.1 Å². The van der Waals surface area contributed by atoms with Gasteiger partial charge < -0.3 is 11.5 Å². The molecule has 0 saturated carbocycles. The molecule has 0 spiro atoms. The normalized spacial score (nSPS) is 10.6. The fourth-order valence-electron chi connectivity index (χ4n) is 0.977. The van der Waals surface area contributed by atoms with Crippen LogP contribution < -0.4 is 11.5 Å². The van der Waals surface area contributed by atoms with Gasteiger partial charge in [-0.15, -0.1) is 0 Å². The minimum absolute atomic E-state index is 0.0891. The van der Waals surface area contributed by atoms with Gasteiger partial charge in [-0.3, -0.25) is 4.79 Å². The Morgan fingerprint density at radius 3 is 2.79 bits per heavy atom. The summed E-state index contributed by atoms with van der Waals surface area (Å²) in [5, 5.41) is 0. The van der Waals surface area contributed by atoms with Crippen molar-refractivity contribution in [1.82, 2.24) is 0 Å². The second-order valence-corrected chi connectivity index (χ2v) is 2.85. The first kappa shape index (κ1) is 10.2. The van der Waals surface area contributed by atoms with Crippen LogP contribution in [0, 0.1) is 5.82 Å². The van der Waals surface area contributed by atoms with E-state index < -0.39 is 11.7 Å². The van der Waals surface area contributed by atoms with Crippen LogP contribution in [0.2, 0.25) is 0 Å². The molecule has 0 aliphatic rings. The second-order valence-electron chi connectivity index (χ2n) is 2.85. The van der Waals surface area contributed by atoms with E-state index in [1.807, 2.05) is 0 Å². The molecule has 1 aromatic rings. The summed E-state index contributed by atoms with van der Waals surface area (Å²) in [6.07, 6.45) is 3.44. The monoisotopic (exact) mass is 194 g/mol. The fraction of sp³-hybridized carbons (Fsp3) is 0.100. The van der Waals surface area contributed by atoms with Gasteiger partial charge >= 0.3 is 0 Å². The van der Waals surface area contributed by atoms with Crippen molar-refractivity contribution in [3.8, 4) is 0 Å². The Bertz CT molecular complexity index is 374. The number of nitrogens with two attached hydrogens (primary N) is 2. The summed E-state index contributed by atoms with van der Waals surface area (Å²) < 4.78 is 12.7. The minimum atomic E-state index is -0.447. The molecule has 0 radical (unpaired) electrons. The van der Waals surface area contributed by atoms with Crippen molar-refractivity contribution in [3.63, 3.8) is 0 Å². The van der Waals surface area contributed by atoms with Gasteiger partial charge in [0, 0.05) is 6.42 Å². The number of amides is 1. The van der Waals surface area contributed by atoms with Crippen molar-refractivity contribution in [2.45, 2.75) is 6.42 Å². The smallest absolute Gasteiger partial charge is 0.221 e. The quantitative estimate of drug-likeness (QED) is 0.712. The van der Waals surface area contributed by atoms with E-state index in [0.29, 0.717) is 0 Å². The van der Waals surface area contributed by atoms with E-state index in [2.05, 4.69) is 0 Å². The third-order valence-corrected chi connectivity index (χ3v) is 1.65. The third kappa shape index (κ3) is 2.90. The van der Waals surface area contributed by atoms with Gasteiger partial charge in [-0.1, -0.05) is 18.2 Å². The SMILES string of the molecule is NC(=O)CC=Cc1ccc(F)c(N)c1. The number of carbonyl (C=O) groups is 1. The number of hydrogen-bond donors (Lipinski definition) is 2. The van der Waals surface area contributed by atoms with Crippen molar-refractivity contribution in [2.75, 3.05) is 5.73 Å². The zero-order valence-electron chi connectivity index (χ0n) is 7.53. The second kappa shape index (κ2) is 4.41. The van der Waals surface area contributed by atoms with Crippen molar-refractivity contribution in [3.05, 3.63) is 35.7 Å². The lowest BCUT2D eigenvalue weighted by Gasteiger charge is -1.97. The van der Waals surface area contributed by atoms with Crippen LogP contribution in [0.15, 0.2) is 24.3 Å². The molecule has 0 aromatic heterocycles. The van der Waals surface area contributed by atoms with Gasteiger partial charge in [0.25, 0.3) is 0 Å². The van der Waals surface area contributed by atoms with Gasteiger partial charge in [0.05, 0.1) is 5.69 Å². The van der Waals surface area contributed by atoms with E-state index in [1.54, 1.807) is 18.2 Å². The molecule has 1 aromatic carbocycles. The molecule has 3 nitrogen and oxygen atoms in total. The Balaban J connectivity index is 2.73. The molecule has 1 rings (SSSR count). The van der Waals surface area contributed by atoms with Crippen LogP contribution in [0.1, 0.15) is 12.0 Å². The molecule has 74 valence electrons. The number of primary amides is 1. The average Bonchev–Trinajstić information content (AvgIpc) is 2.10. The minimum Gasteiger partial charge on any atom is -0.396 e. The lowest BCUT2D eigenvalue weighted by atomic mass is 10.1. The van der Waals surface area contributed by atoms with Crippen LogP contribution in [0.25, 0.3) is 6.08 Å². The molecule has 0 unspecified atom stereocenters. The molecule has 14 heavy (non-hydrogen) atoms. The van der Waals surface area contributed by atoms with Gasteiger partial charge in [0.2, 0.25) is 5.91 Å². The van der Waals surface area contributed by atoms with E-state index >= 15 is 0 Å². The van der Waals surface area contributed by atoms with Crippen molar-refractivity contribution in [1.29, 1.82) is 0 Å². The Morgan fingerprint density at radius 2 is 2.21 bits per heavy atom. The van der Waals surface area contributed by atoms with Gasteiger partial charge in [0.1, 0.15) is 5.82 Å². The van der Waals surface area contributed by atoms with Crippen molar-refractivity contribution in [2.24, 2.45) is 5.73 Å². The zero-order valence-corrected chi connectivity index (χ0v) is 7.53. The Kier molecular flexibility index (Phi) is 3.23. The standard InChI is InChI=1S/C10H11FN2O/c11-8-5-4-7(6-9(8)12)2-1-3-10(13)14/h1-2,4-6H,3,12H2,(H2,13,14). The predicted octanol–water partition coefficient (Wildman–Crippen LogP) is 1.30. The summed E-state index contributed by atoms with van der Waals surface area (Å²) in [5.41, 5.74) is 11.1. The summed E-state index contributed by atoms with van der Waals surface area (Å²) in [6, 6.07) is 4.34. The molecule has 0 aliphatic carbocycles. The van der Waals surface area contributed by atoms with Gasteiger partial charge in [-0.05, 0) is 17.7 Å². The molecule has 1 amide bonds. The van der Waals surface area contributed by atoms with Crippen LogP contribution >= 0.6 is 0 Å². The van der Waals surface area contributed by atoms with Crippen LogP contribution in [-0.4, -0.2) is 5.91 Å². The molecule has 0 atom stereocenters. The van der Waals surface area contributed by atoms with Crippen LogP contribution in [-0.2, 0) is 4.79 Å². The fourth-order valence-corrected chi connectivity index (χ4v) is 0.977. The number of hydrogen-bond acceptors (Lipinski definition) is 2. The molecular weight excluding hydrogens is 183 g/mol. The molecule has 4 heteroatoms. The van der Waals surface area contributed by atoms with Crippen molar-refractivity contribution < 1.29 is 9.18 Å². The molecule has 0 bridgehead atoms. The highest BCUT2D eigenvalue weighted by molar-refractivity contribution is 5.76. The van der Waals surface area contributed by atoms with Crippen LogP contribution in [0.3, 0.4) is 0 Å². The zero-order chi connectivity index (χ0) is 10.6. The van der Waals surface area contributed by atoms with Gasteiger partial charge in [0.15, 0.2) is 0 Å². The highest BCUT2D eigenvalue weighted by Crippen LogP contribution is 2.13. The topological polar surface area (TPSA) is 69.1 Å². The number of carbonyl (C=O) groups excluding carboxylic acids is 1. The van der Waals surface area contributed by atoms with Gasteiger partial charge in [-0.2, -0.15) is 0 Å². The number of halogens is 1. The van der Waals surface area contributed by atoms with Crippen LogP contribution in [0.5, 0.6) is 0 Å². The average molecular weight is 194 g/mol. The predicted molar refractivity (Wildman–Crippen MR) is 53.7 cm³/mol. The summed E-state index contributed by atoms with van der Waals surface area (Å²) in [5.74, 6) is -0.853. The first-order chi connectivity index (χ1) is 6.59. The maximum absolute atomic E-state index is 12.7. The lowest BCUT2D eigenvalue weighted by molar-refractivity contribution is -0.117. The molecule has 0 saturated heterocycles. The molecule has 0 fully saturated rings. The van der Waals surface area contributed by atoms with E-state index in [0.717, 1.165) is 5.56 Å². The Morgan fingerprint density at radius 1 is 1.50 bits per heavy atom. The number of rotatable bonds is 3. The molecule has 0 aliphatic heterocycles. The molecule has 4 N–H and O–H groups in total. The maximum atomic E-state index is 12.7. The van der Waals surface area contributed by atoms with Crippen molar-refractivity contribution >= 4 is 17.7 Å². The summed E-state index contributed by atoms with van der Waals surface area (Å²) in [6.45, 7) is 0. The number of benzene rings is 1. The molecular formula is C10H11FN2O. The van der Waals surface area contributed by atoms with E-state index in [4.69, 9.17) is 11.5 Å². The van der Waals surface area contributed by atoms with E-state index in [1.165, 1.54) is 12.1 Å². The summed E-state index contributed by atoms with van der Waals surface area (Å²) in [7, 11) is 0. The Labute approximate surface area is 81.2 Å². The largest absolute Gasteiger partial charge is 0.396 e. The van der Waals surface area contributed by atoms with E-state index in [-0.39, 0.29) is 12.1 Å². The molecule has 0 heterocycles. The Hall–Kier alpha value is -1.84. The number of nitrogen functional groups attached to an aromatic ring is 1. The van der Waals surface area contributed by atoms with E-state index in [9.17, 15) is 9.18 Å². The highest BCUT2D eigenvalue weighted by atomic mass is 19.1. The van der Waals surface area contributed by atoms with Gasteiger partial charge in [-0.25, -0.2) is 4.39 Å². The lowest BCUT2D eigenvalue weighted by Crippen LogP contribution is -2.07. The number of anilines is 1. The first-order valence-electron chi connectivity index (χ1n) is 4.09. The summed E-state index contributed by atoms with van der Waals surface area (Å²) in [4.78, 5) is 10.4.